The lowest BCUT2D eigenvalue weighted by molar-refractivity contribution is 0.252. The van der Waals surface area contributed by atoms with Gasteiger partial charge in [0.1, 0.15) is 0 Å². The van der Waals surface area contributed by atoms with Gasteiger partial charge in [-0.25, -0.2) is 9.59 Å². The number of urea groups is 1. The van der Waals surface area contributed by atoms with Crippen LogP contribution in [0.1, 0.15) is 0 Å². The maximum Gasteiger partial charge on any atom is 0.336 e. The molecule has 3 aromatic rings. The van der Waals surface area contributed by atoms with Gasteiger partial charge in [-0.3, -0.25) is 0 Å². The first-order chi connectivity index (χ1) is 11.2. The molecule has 120 valence electrons. The first-order valence-electron chi connectivity index (χ1n) is 6.77. The molecular formula is C15H13ClN2O5. The minimum absolute atomic E-state index is 0.204. The molecule has 8 heteroatoms. The van der Waals surface area contributed by atoms with E-state index in [0.29, 0.717) is 40.2 Å². The fourth-order valence-corrected chi connectivity index (χ4v) is 2.45. The SMILES string of the molecule is COc1c2occc2c(NC(=O)NCCCl)c2ccc(=O)oc12. The third kappa shape index (κ3) is 2.70. The molecule has 7 nitrogen and oxygen atoms in total. The summed E-state index contributed by atoms with van der Waals surface area (Å²) >= 11 is 5.55. The average molecular weight is 337 g/mol. The number of benzene rings is 1. The van der Waals surface area contributed by atoms with Gasteiger partial charge in [-0.05, 0) is 12.1 Å². The van der Waals surface area contributed by atoms with E-state index in [1.54, 1.807) is 12.1 Å². The Morgan fingerprint density at radius 3 is 2.78 bits per heavy atom. The van der Waals surface area contributed by atoms with E-state index >= 15 is 0 Å². The summed E-state index contributed by atoms with van der Waals surface area (Å²) in [5.74, 6) is 0.594. The highest BCUT2D eigenvalue weighted by molar-refractivity contribution is 6.18. The summed E-state index contributed by atoms with van der Waals surface area (Å²) in [5.41, 5.74) is 0.511. The molecule has 2 heterocycles. The Morgan fingerprint density at radius 2 is 2.04 bits per heavy atom. The lowest BCUT2D eigenvalue weighted by Gasteiger charge is -2.12. The third-order valence-corrected chi connectivity index (χ3v) is 3.46. The van der Waals surface area contributed by atoms with Gasteiger partial charge in [0, 0.05) is 29.3 Å². The standard InChI is InChI=1S/C15H13ClN2O5/c1-21-14-12-9(4-7-22-12)11(18-15(20)17-6-5-16)8-2-3-10(19)23-13(8)14/h2-4,7H,5-6H2,1H3,(H2,17,18,20). The zero-order chi connectivity index (χ0) is 16.4. The van der Waals surface area contributed by atoms with Gasteiger partial charge in [-0.1, -0.05) is 0 Å². The normalized spacial score (nSPS) is 10.9. The Bertz CT molecular complexity index is 931. The van der Waals surface area contributed by atoms with Gasteiger partial charge >= 0.3 is 11.7 Å². The molecular weight excluding hydrogens is 324 g/mol. The number of hydrogen-bond donors (Lipinski definition) is 2. The van der Waals surface area contributed by atoms with Crippen molar-refractivity contribution < 1.29 is 18.4 Å². The van der Waals surface area contributed by atoms with E-state index in [-0.39, 0.29) is 5.58 Å². The van der Waals surface area contributed by atoms with Crippen LogP contribution in [0.2, 0.25) is 0 Å². The zero-order valence-corrected chi connectivity index (χ0v) is 12.9. The number of hydrogen-bond acceptors (Lipinski definition) is 5. The van der Waals surface area contributed by atoms with Crippen molar-refractivity contribution in [1.29, 1.82) is 0 Å². The maximum absolute atomic E-state index is 12.0. The van der Waals surface area contributed by atoms with Crippen LogP contribution in [0.4, 0.5) is 10.5 Å². The minimum Gasteiger partial charge on any atom is -0.490 e. The van der Waals surface area contributed by atoms with Crippen molar-refractivity contribution in [2.75, 3.05) is 24.9 Å². The van der Waals surface area contributed by atoms with Crippen molar-refractivity contribution >= 4 is 45.3 Å². The number of rotatable bonds is 4. The molecule has 0 aliphatic rings. The van der Waals surface area contributed by atoms with Gasteiger partial charge in [0.15, 0.2) is 11.2 Å². The molecule has 3 rings (SSSR count). The minimum atomic E-state index is -0.528. The smallest absolute Gasteiger partial charge is 0.336 e. The van der Waals surface area contributed by atoms with Crippen LogP contribution >= 0.6 is 11.6 Å². The fraction of sp³-hybridized carbons (Fsp3) is 0.200. The Labute approximate surface area is 135 Å². The predicted octanol–water partition coefficient (Wildman–Crippen LogP) is 2.91. The van der Waals surface area contributed by atoms with E-state index in [4.69, 9.17) is 25.2 Å². The number of methoxy groups -OCH3 is 1. The van der Waals surface area contributed by atoms with Gasteiger partial charge in [0.2, 0.25) is 5.75 Å². The number of carbonyl (C=O) groups excluding carboxylic acids is 1. The molecule has 1 aromatic carbocycles. The van der Waals surface area contributed by atoms with Gasteiger partial charge < -0.3 is 24.2 Å². The second-order valence-electron chi connectivity index (χ2n) is 4.64. The fourth-order valence-electron chi connectivity index (χ4n) is 2.35. The Hall–Kier alpha value is -2.67. The van der Waals surface area contributed by atoms with E-state index in [0.717, 1.165) is 0 Å². The number of nitrogens with one attached hydrogen (secondary N) is 2. The van der Waals surface area contributed by atoms with Crippen molar-refractivity contribution in [2.24, 2.45) is 0 Å². The number of halogens is 1. The van der Waals surface area contributed by atoms with Crippen LogP contribution in [0.3, 0.4) is 0 Å². The van der Waals surface area contributed by atoms with E-state index in [2.05, 4.69) is 10.6 Å². The van der Waals surface area contributed by atoms with Gasteiger partial charge in [-0.2, -0.15) is 0 Å². The highest BCUT2D eigenvalue weighted by atomic mass is 35.5. The number of alkyl halides is 1. The van der Waals surface area contributed by atoms with Crippen LogP contribution < -0.4 is 21.0 Å². The molecule has 0 fully saturated rings. The van der Waals surface area contributed by atoms with Crippen molar-refractivity contribution in [3.63, 3.8) is 0 Å². The quantitative estimate of drug-likeness (QED) is 0.564. The Balaban J connectivity index is 2.23. The summed E-state index contributed by atoms with van der Waals surface area (Å²) in [4.78, 5) is 23.5. The van der Waals surface area contributed by atoms with Crippen molar-refractivity contribution in [2.45, 2.75) is 0 Å². The summed E-state index contributed by atoms with van der Waals surface area (Å²) in [5, 5.41) is 6.49. The monoisotopic (exact) mass is 336 g/mol. The first-order valence-corrected chi connectivity index (χ1v) is 7.31. The zero-order valence-electron chi connectivity index (χ0n) is 12.1. The number of anilines is 1. The highest BCUT2D eigenvalue weighted by Crippen LogP contribution is 2.41. The van der Waals surface area contributed by atoms with Crippen LogP contribution in [0.15, 0.2) is 38.1 Å². The molecule has 0 atom stereocenters. The highest BCUT2D eigenvalue weighted by Gasteiger charge is 2.20. The third-order valence-electron chi connectivity index (χ3n) is 3.27. The van der Waals surface area contributed by atoms with E-state index < -0.39 is 11.7 Å². The molecule has 2 amide bonds. The van der Waals surface area contributed by atoms with Crippen LogP contribution in [-0.4, -0.2) is 25.6 Å². The molecule has 2 N–H and O–H groups in total. The van der Waals surface area contributed by atoms with Crippen LogP contribution in [0, 0.1) is 0 Å². The van der Waals surface area contributed by atoms with Crippen LogP contribution in [0.25, 0.3) is 21.9 Å². The average Bonchev–Trinajstić information content (AvgIpc) is 3.02. The second-order valence-corrected chi connectivity index (χ2v) is 5.02. The largest absolute Gasteiger partial charge is 0.490 e. The maximum atomic E-state index is 12.0. The van der Waals surface area contributed by atoms with Gasteiger partial charge in [-0.15, -0.1) is 11.6 Å². The predicted molar refractivity (Wildman–Crippen MR) is 86.5 cm³/mol. The second kappa shape index (κ2) is 6.21. The summed E-state index contributed by atoms with van der Waals surface area (Å²) < 4.78 is 15.9. The number of fused-ring (bicyclic) bond motifs is 2. The molecule has 0 saturated carbocycles. The van der Waals surface area contributed by atoms with Crippen molar-refractivity contribution in [1.82, 2.24) is 5.32 Å². The van der Waals surface area contributed by atoms with E-state index in [1.807, 2.05) is 0 Å². The summed E-state index contributed by atoms with van der Waals surface area (Å²) in [6, 6.07) is 4.10. The van der Waals surface area contributed by atoms with Crippen molar-refractivity contribution in [3.8, 4) is 5.75 Å². The molecule has 2 aromatic heterocycles. The lowest BCUT2D eigenvalue weighted by Crippen LogP contribution is -2.30. The molecule has 23 heavy (non-hydrogen) atoms. The molecule has 0 radical (unpaired) electrons. The summed E-state index contributed by atoms with van der Waals surface area (Å²) in [6.45, 7) is 0.324. The Kier molecular flexibility index (Phi) is 4.12. The molecule has 0 aliphatic heterocycles. The molecule has 0 bridgehead atoms. The van der Waals surface area contributed by atoms with E-state index in [1.165, 1.54) is 19.4 Å². The Morgan fingerprint density at radius 1 is 1.26 bits per heavy atom. The summed E-state index contributed by atoms with van der Waals surface area (Å²) in [6.07, 6.45) is 1.46. The molecule has 0 unspecified atom stereocenters. The number of furan rings is 1. The molecule has 0 aliphatic carbocycles. The topological polar surface area (TPSA) is 93.7 Å². The van der Waals surface area contributed by atoms with Crippen LogP contribution in [0.5, 0.6) is 5.75 Å². The van der Waals surface area contributed by atoms with E-state index in [9.17, 15) is 9.59 Å². The summed E-state index contributed by atoms with van der Waals surface area (Å²) in [7, 11) is 1.45. The number of amides is 2. The number of carbonyl (C=O) groups is 1. The number of ether oxygens (including phenoxy) is 1. The molecule has 0 saturated heterocycles. The van der Waals surface area contributed by atoms with Crippen molar-refractivity contribution in [3.05, 3.63) is 34.9 Å². The lowest BCUT2D eigenvalue weighted by atomic mass is 10.1. The van der Waals surface area contributed by atoms with Gasteiger partial charge in [0.25, 0.3) is 0 Å². The molecule has 0 spiro atoms. The first kappa shape index (κ1) is 15.2. The van der Waals surface area contributed by atoms with Crippen LogP contribution in [-0.2, 0) is 0 Å². The van der Waals surface area contributed by atoms with Gasteiger partial charge in [0.05, 0.1) is 19.1 Å².